The van der Waals surface area contributed by atoms with E-state index < -0.39 is 5.97 Å². The average molecular weight is 177 g/mol. The minimum absolute atomic E-state index is 0.0127. The monoisotopic (exact) mass is 177 g/mol. The molecule has 0 spiro atoms. The van der Waals surface area contributed by atoms with Crippen LogP contribution in [0.5, 0.6) is 0 Å². The van der Waals surface area contributed by atoms with Crippen LogP contribution >= 0.6 is 0 Å². The second kappa shape index (κ2) is 2.85. The first-order valence-electron chi connectivity index (χ1n) is 3.78. The number of aromatic amines is 1. The molecule has 2 rings (SSSR count). The molecule has 0 unspecified atom stereocenters. The highest BCUT2D eigenvalue weighted by atomic mass is 16.4. The zero-order valence-corrected chi connectivity index (χ0v) is 6.69. The molecular weight excluding hydrogens is 170 g/mol. The van der Waals surface area contributed by atoms with Crippen molar-refractivity contribution in [2.75, 3.05) is 0 Å². The molecule has 5 nitrogen and oxygen atoms in total. The van der Waals surface area contributed by atoms with Gasteiger partial charge in [0, 0.05) is 0 Å². The van der Waals surface area contributed by atoms with Crippen molar-refractivity contribution in [2.24, 2.45) is 0 Å². The van der Waals surface area contributed by atoms with Crippen LogP contribution in [0.25, 0.3) is 11.0 Å². The highest BCUT2D eigenvalue weighted by Crippen LogP contribution is 2.13. The third-order valence-electron chi connectivity index (χ3n) is 1.79. The van der Waals surface area contributed by atoms with Gasteiger partial charge in [0.25, 0.3) is 0 Å². The lowest BCUT2D eigenvalue weighted by atomic mass is 10.1. The van der Waals surface area contributed by atoms with Gasteiger partial charge in [0.05, 0.1) is 11.9 Å². The van der Waals surface area contributed by atoms with Crippen LogP contribution in [-0.2, 0) is 11.2 Å². The fourth-order valence-electron chi connectivity index (χ4n) is 1.24. The zero-order chi connectivity index (χ0) is 9.26. The highest BCUT2D eigenvalue weighted by molar-refractivity contribution is 5.82. The Bertz CT molecular complexity index is 449. The fourth-order valence-corrected chi connectivity index (χ4v) is 1.24. The Morgan fingerprint density at radius 2 is 2.38 bits per heavy atom. The van der Waals surface area contributed by atoms with Crippen LogP contribution in [-0.4, -0.2) is 26.5 Å². The van der Waals surface area contributed by atoms with Crippen LogP contribution in [0.4, 0.5) is 0 Å². The molecule has 0 amide bonds. The molecule has 5 heteroatoms. The summed E-state index contributed by atoms with van der Waals surface area (Å²) in [6, 6.07) is 5.30. The first-order valence-corrected chi connectivity index (χ1v) is 3.78. The maximum absolute atomic E-state index is 10.5. The predicted octanol–water partition coefficient (Wildman–Crippen LogP) is 0.585. The van der Waals surface area contributed by atoms with Gasteiger partial charge >= 0.3 is 5.97 Å². The Hall–Kier alpha value is -1.91. The van der Waals surface area contributed by atoms with Crippen LogP contribution in [0, 0.1) is 0 Å². The number of nitrogens with one attached hydrogen (secondary N) is 1. The molecule has 0 bridgehead atoms. The molecule has 2 aromatic rings. The number of rotatable bonds is 2. The molecule has 13 heavy (non-hydrogen) atoms. The standard InChI is InChI=1S/C8H7N3O2/c12-7(13)4-5-2-1-3-6-8(5)10-11-9-6/h1-3H,4H2,(H,12,13)(H,9,10,11). The molecule has 0 aliphatic rings. The largest absolute Gasteiger partial charge is 0.481 e. The van der Waals surface area contributed by atoms with E-state index in [1.807, 2.05) is 0 Å². The Kier molecular flexibility index (Phi) is 1.70. The molecule has 0 fully saturated rings. The lowest BCUT2D eigenvalue weighted by Gasteiger charge is -1.96. The first-order chi connectivity index (χ1) is 6.27. The maximum atomic E-state index is 10.5. The van der Waals surface area contributed by atoms with Crippen molar-refractivity contribution in [3.05, 3.63) is 23.8 Å². The van der Waals surface area contributed by atoms with Gasteiger partial charge in [-0.3, -0.25) is 9.89 Å². The lowest BCUT2D eigenvalue weighted by Crippen LogP contribution is -2.00. The number of benzene rings is 1. The number of carboxylic acids is 1. The summed E-state index contributed by atoms with van der Waals surface area (Å²) in [4.78, 5) is 10.5. The smallest absolute Gasteiger partial charge is 0.307 e. The molecule has 66 valence electrons. The molecule has 1 aromatic carbocycles. The number of para-hydroxylation sites is 1. The van der Waals surface area contributed by atoms with Crippen molar-refractivity contribution in [3.8, 4) is 0 Å². The maximum Gasteiger partial charge on any atom is 0.307 e. The van der Waals surface area contributed by atoms with Crippen LogP contribution in [0.1, 0.15) is 5.56 Å². The molecule has 0 aliphatic heterocycles. The number of carbonyl (C=O) groups is 1. The van der Waals surface area contributed by atoms with Gasteiger partial charge in [0.2, 0.25) is 0 Å². The number of hydrogen-bond donors (Lipinski definition) is 2. The molecule has 0 saturated heterocycles. The van der Waals surface area contributed by atoms with Crippen molar-refractivity contribution >= 4 is 17.0 Å². The van der Waals surface area contributed by atoms with E-state index in [2.05, 4.69) is 15.4 Å². The first kappa shape index (κ1) is 7.72. The van der Waals surface area contributed by atoms with Crippen LogP contribution in [0.3, 0.4) is 0 Å². The Morgan fingerprint density at radius 1 is 1.54 bits per heavy atom. The van der Waals surface area contributed by atoms with Crippen LogP contribution in [0.15, 0.2) is 18.2 Å². The quantitative estimate of drug-likeness (QED) is 0.703. The minimum atomic E-state index is -0.859. The van der Waals surface area contributed by atoms with Gasteiger partial charge in [-0.15, -0.1) is 5.10 Å². The Morgan fingerprint density at radius 3 is 3.15 bits per heavy atom. The van der Waals surface area contributed by atoms with E-state index in [1.165, 1.54) is 0 Å². The number of aromatic nitrogens is 3. The molecule has 1 aromatic heterocycles. The number of nitrogens with zero attached hydrogens (tertiary/aromatic N) is 2. The molecular formula is C8H7N3O2. The summed E-state index contributed by atoms with van der Waals surface area (Å²) in [6.45, 7) is 0. The summed E-state index contributed by atoms with van der Waals surface area (Å²) < 4.78 is 0. The van der Waals surface area contributed by atoms with Crippen LogP contribution in [0.2, 0.25) is 0 Å². The van der Waals surface area contributed by atoms with Crippen molar-refractivity contribution in [3.63, 3.8) is 0 Å². The van der Waals surface area contributed by atoms with E-state index in [0.717, 1.165) is 0 Å². The van der Waals surface area contributed by atoms with Gasteiger partial charge in [0.15, 0.2) is 0 Å². The third kappa shape index (κ3) is 1.35. The normalized spacial score (nSPS) is 10.5. The van der Waals surface area contributed by atoms with E-state index in [0.29, 0.717) is 16.6 Å². The van der Waals surface area contributed by atoms with E-state index >= 15 is 0 Å². The molecule has 2 N–H and O–H groups in total. The van der Waals surface area contributed by atoms with Gasteiger partial charge in [-0.1, -0.05) is 17.3 Å². The summed E-state index contributed by atoms with van der Waals surface area (Å²) >= 11 is 0. The number of aliphatic carboxylic acids is 1. The fraction of sp³-hybridized carbons (Fsp3) is 0.125. The molecule has 0 saturated carbocycles. The topological polar surface area (TPSA) is 78.9 Å². The number of H-pyrrole nitrogens is 1. The Labute approximate surface area is 73.4 Å². The summed E-state index contributed by atoms with van der Waals surface area (Å²) in [5.41, 5.74) is 2.10. The Balaban J connectivity index is 2.54. The average Bonchev–Trinajstić information content (AvgIpc) is 2.51. The molecule has 0 radical (unpaired) electrons. The van der Waals surface area contributed by atoms with Gasteiger partial charge in [-0.25, -0.2) is 0 Å². The summed E-state index contributed by atoms with van der Waals surface area (Å²) in [5.74, 6) is -0.859. The molecule has 1 heterocycles. The second-order valence-corrected chi connectivity index (χ2v) is 2.69. The minimum Gasteiger partial charge on any atom is -0.481 e. The van der Waals surface area contributed by atoms with Crippen molar-refractivity contribution in [1.29, 1.82) is 0 Å². The third-order valence-corrected chi connectivity index (χ3v) is 1.79. The van der Waals surface area contributed by atoms with Gasteiger partial charge in [-0.05, 0) is 11.6 Å². The predicted molar refractivity (Wildman–Crippen MR) is 45.2 cm³/mol. The van der Waals surface area contributed by atoms with Crippen molar-refractivity contribution in [1.82, 2.24) is 15.4 Å². The van der Waals surface area contributed by atoms with Crippen LogP contribution < -0.4 is 0 Å². The summed E-state index contributed by atoms with van der Waals surface area (Å²) in [5, 5.41) is 18.7. The van der Waals surface area contributed by atoms with E-state index in [-0.39, 0.29) is 6.42 Å². The van der Waals surface area contributed by atoms with E-state index in [9.17, 15) is 4.79 Å². The van der Waals surface area contributed by atoms with E-state index in [1.54, 1.807) is 18.2 Å². The van der Waals surface area contributed by atoms with Gasteiger partial charge < -0.3 is 5.11 Å². The summed E-state index contributed by atoms with van der Waals surface area (Å²) in [7, 11) is 0. The number of hydrogen-bond acceptors (Lipinski definition) is 3. The zero-order valence-electron chi connectivity index (χ0n) is 6.69. The summed E-state index contributed by atoms with van der Waals surface area (Å²) in [6.07, 6.45) is -0.0127. The van der Waals surface area contributed by atoms with Gasteiger partial charge in [0.1, 0.15) is 5.52 Å². The van der Waals surface area contributed by atoms with Crippen molar-refractivity contribution in [2.45, 2.75) is 6.42 Å². The lowest BCUT2D eigenvalue weighted by molar-refractivity contribution is -0.136. The van der Waals surface area contributed by atoms with E-state index in [4.69, 9.17) is 5.11 Å². The second-order valence-electron chi connectivity index (χ2n) is 2.69. The molecule has 0 aliphatic carbocycles. The number of carboxylic acid groups (broad SMARTS) is 1. The SMILES string of the molecule is O=C(O)Cc1cccc2nn[nH]c12. The van der Waals surface area contributed by atoms with Crippen molar-refractivity contribution < 1.29 is 9.90 Å². The number of fused-ring (bicyclic) bond motifs is 1. The highest BCUT2D eigenvalue weighted by Gasteiger charge is 2.06. The molecule has 0 atom stereocenters. The van der Waals surface area contributed by atoms with Gasteiger partial charge in [-0.2, -0.15) is 0 Å².